The molecule has 0 atom stereocenters. The van der Waals surface area contributed by atoms with Crippen LogP contribution < -0.4 is 15.4 Å². The Bertz CT molecular complexity index is 1230. The Balaban J connectivity index is 1.67. The van der Waals surface area contributed by atoms with E-state index in [0.29, 0.717) is 25.3 Å². The average molecular weight is 482 g/mol. The van der Waals surface area contributed by atoms with Crippen molar-refractivity contribution in [1.29, 1.82) is 0 Å². The summed E-state index contributed by atoms with van der Waals surface area (Å²) < 4.78 is 28.4. The monoisotopic (exact) mass is 481 g/mol. The summed E-state index contributed by atoms with van der Waals surface area (Å²) >= 11 is 0. The third-order valence-electron chi connectivity index (χ3n) is 5.05. The molecule has 0 aliphatic heterocycles. The Labute approximate surface area is 199 Å². The number of hydrogen-bond donors (Lipinski definition) is 3. The van der Waals surface area contributed by atoms with Crippen molar-refractivity contribution in [2.24, 2.45) is 0 Å². The van der Waals surface area contributed by atoms with Crippen LogP contribution in [0.25, 0.3) is 0 Å². The molecule has 2 aromatic carbocycles. The molecule has 3 amide bonds. The first-order valence-corrected chi connectivity index (χ1v) is 12.3. The second-order valence-electron chi connectivity index (χ2n) is 7.32. The maximum atomic E-state index is 12.9. The van der Waals surface area contributed by atoms with Crippen molar-refractivity contribution >= 4 is 33.3 Å². The number of anilines is 2. The van der Waals surface area contributed by atoms with E-state index in [1.54, 1.807) is 47.6 Å². The van der Waals surface area contributed by atoms with Crippen molar-refractivity contribution in [3.05, 3.63) is 84.2 Å². The van der Waals surface area contributed by atoms with Crippen LogP contribution in [0.4, 0.5) is 16.2 Å². The van der Waals surface area contributed by atoms with E-state index in [4.69, 9.17) is 0 Å². The number of hydrogen-bond acceptors (Lipinski definition) is 5. The lowest BCUT2D eigenvalue weighted by molar-refractivity contribution is 0.0774. The summed E-state index contributed by atoms with van der Waals surface area (Å²) in [5.74, 6) is -0.250. The van der Waals surface area contributed by atoms with Crippen LogP contribution in [0.3, 0.4) is 0 Å². The van der Waals surface area contributed by atoms with Crippen LogP contribution >= 0.6 is 0 Å². The maximum absolute atomic E-state index is 12.9. The third-order valence-corrected chi connectivity index (χ3v) is 6.43. The van der Waals surface area contributed by atoms with E-state index in [-0.39, 0.29) is 22.1 Å². The van der Waals surface area contributed by atoms with Gasteiger partial charge in [-0.3, -0.25) is 14.5 Å². The minimum atomic E-state index is -3.96. The van der Waals surface area contributed by atoms with Gasteiger partial charge in [-0.05, 0) is 61.9 Å². The van der Waals surface area contributed by atoms with Crippen LogP contribution in [-0.4, -0.2) is 43.3 Å². The summed E-state index contributed by atoms with van der Waals surface area (Å²) in [6.07, 6.45) is 3.30. The SMILES string of the molecule is CCN(CC)C(=O)c1ccccc1NS(=O)(=O)c1ccc(NC(=O)NCc2cccnc2)cc1. The second-order valence-corrected chi connectivity index (χ2v) is 9.00. The van der Waals surface area contributed by atoms with Gasteiger partial charge in [0, 0.05) is 37.7 Å². The number of nitrogens with one attached hydrogen (secondary N) is 3. The van der Waals surface area contributed by atoms with E-state index in [1.807, 2.05) is 19.9 Å². The standard InChI is InChI=1S/C24H27N5O4S/c1-3-29(4-2)23(30)21-9-5-6-10-22(21)28-34(32,33)20-13-11-19(12-14-20)27-24(31)26-17-18-8-7-15-25-16-18/h5-16,28H,3-4,17H2,1-2H3,(H2,26,27,31). The van der Waals surface area contributed by atoms with E-state index in [1.165, 1.54) is 24.3 Å². The highest BCUT2D eigenvalue weighted by atomic mass is 32.2. The zero-order valence-corrected chi connectivity index (χ0v) is 19.8. The molecule has 1 aromatic heterocycles. The van der Waals surface area contributed by atoms with Gasteiger partial charge in [-0.2, -0.15) is 0 Å². The molecule has 3 N–H and O–H groups in total. The van der Waals surface area contributed by atoms with Crippen LogP contribution in [0.15, 0.2) is 78.0 Å². The van der Waals surface area contributed by atoms with Crippen LogP contribution in [0, 0.1) is 0 Å². The number of rotatable bonds is 9. The van der Waals surface area contributed by atoms with Gasteiger partial charge in [0.25, 0.3) is 15.9 Å². The molecule has 0 saturated heterocycles. The number of pyridine rings is 1. The van der Waals surface area contributed by atoms with Crippen LogP contribution in [0.2, 0.25) is 0 Å². The molecule has 9 nitrogen and oxygen atoms in total. The summed E-state index contributed by atoms with van der Waals surface area (Å²) in [4.78, 5) is 30.5. The summed E-state index contributed by atoms with van der Waals surface area (Å²) in [7, 11) is -3.96. The molecule has 3 aromatic rings. The summed E-state index contributed by atoms with van der Waals surface area (Å²) in [6, 6.07) is 15.4. The van der Waals surface area contributed by atoms with E-state index in [9.17, 15) is 18.0 Å². The lowest BCUT2D eigenvalue weighted by atomic mass is 10.1. The smallest absolute Gasteiger partial charge is 0.319 e. The molecule has 34 heavy (non-hydrogen) atoms. The highest BCUT2D eigenvalue weighted by Crippen LogP contribution is 2.22. The first kappa shape index (κ1) is 24.7. The maximum Gasteiger partial charge on any atom is 0.319 e. The van der Waals surface area contributed by atoms with Gasteiger partial charge in [-0.25, -0.2) is 13.2 Å². The first-order valence-electron chi connectivity index (χ1n) is 10.8. The Morgan fingerprint density at radius 2 is 1.65 bits per heavy atom. The number of amides is 3. The van der Waals surface area contributed by atoms with Crippen LogP contribution in [0.5, 0.6) is 0 Å². The molecule has 0 unspecified atom stereocenters. The number of carbonyl (C=O) groups excluding carboxylic acids is 2. The van der Waals surface area contributed by atoms with Crippen molar-refractivity contribution in [2.75, 3.05) is 23.1 Å². The van der Waals surface area contributed by atoms with E-state index in [2.05, 4.69) is 20.3 Å². The molecule has 10 heteroatoms. The number of sulfonamides is 1. The molecule has 0 fully saturated rings. The fourth-order valence-corrected chi connectivity index (χ4v) is 4.30. The van der Waals surface area contributed by atoms with Gasteiger partial charge in [-0.15, -0.1) is 0 Å². The van der Waals surface area contributed by atoms with E-state index >= 15 is 0 Å². The number of nitrogens with zero attached hydrogens (tertiary/aromatic N) is 2. The molecule has 0 saturated carbocycles. The third kappa shape index (κ3) is 6.32. The Kier molecular flexibility index (Phi) is 8.20. The number of carbonyl (C=O) groups is 2. The highest BCUT2D eigenvalue weighted by molar-refractivity contribution is 7.92. The lowest BCUT2D eigenvalue weighted by Crippen LogP contribution is -2.31. The molecule has 178 valence electrons. The number of aromatic nitrogens is 1. The van der Waals surface area contributed by atoms with Gasteiger partial charge in [0.15, 0.2) is 0 Å². The molecule has 0 radical (unpaired) electrons. The van der Waals surface area contributed by atoms with Gasteiger partial charge in [0.2, 0.25) is 0 Å². The van der Waals surface area contributed by atoms with Gasteiger partial charge >= 0.3 is 6.03 Å². The molecule has 3 rings (SSSR count). The fraction of sp³-hybridized carbons (Fsp3) is 0.208. The molecule has 0 bridgehead atoms. The largest absolute Gasteiger partial charge is 0.339 e. The van der Waals surface area contributed by atoms with Gasteiger partial charge in [0.1, 0.15) is 0 Å². The summed E-state index contributed by atoms with van der Waals surface area (Å²) in [6.45, 7) is 5.06. The van der Waals surface area contributed by atoms with Gasteiger partial charge < -0.3 is 15.5 Å². The number of benzene rings is 2. The van der Waals surface area contributed by atoms with Gasteiger partial charge in [0.05, 0.1) is 16.1 Å². The Morgan fingerprint density at radius 3 is 2.29 bits per heavy atom. The zero-order chi connectivity index (χ0) is 24.6. The molecular formula is C24H27N5O4S. The number of urea groups is 1. The van der Waals surface area contributed by atoms with Crippen molar-refractivity contribution in [2.45, 2.75) is 25.3 Å². The summed E-state index contributed by atoms with van der Waals surface area (Å²) in [5, 5.41) is 5.36. The lowest BCUT2D eigenvalue weighted by Gasteiger charge is -2.20. The van der Waals surface area contributed by atoms with Crippen molar-refractivity contribution < 1.29 is 18.0 Å². The normalized spacial score (nSPS) is 10.9. The predicted molar refractivity (Wildman–Crippen MR) is 131 cm³/mol. The molecule has 0 spiro atoms. The molecule has 1 heterocycles. The van der Waals surface area contributed by atoms with E-state index < -0.39 is 16.1 Å². The zero-order valence-electron chi connectivity index (χ0n) is 19.0. The van der Waals surface area contributed by atoms with E-state index in [0.717, 1.165) is 5.56 Å². The molecule has 0 aliphatic rings. The Morgan fingerprint density at radius 1 is 0.941 bits per heavy atom. The Hall–Kier alpha value is -3.92. The first-order chi connectivity index (χ1) is 16.3. The van der Waals surface area contributed by atoms with Crippen molar-refractivity contribution in [1.82, 2.24) is 15.2 Å². The minimum absolute atomic E-state index is 0.00101. The van der Waals surface area contributed by atoms with Crippen molar-refractivity contribution in [3.63, 3.8) is 0 Å². The van der Waals surface area contributed by atoms with Crippen molar-refractivity contribution in [3.8, 4) is 0 Å². The quantitative estimate of drug-likeness (QED) is 0.431. The minimum Gasteiger partial charge on any atom is -0.339 e. The van der Waals surface area contributed by atoms with Crippen LogP contribution in [0.1, 0.15) is 29.8 Å². The predicted octanol–water partition coefficient (Wildman–Crippen LogP) is 3.69. The second kappa shape index (κ2) is 11.3. The van der Waals surface area contributed by atoms with Crippen LogP contribution in [-0.2, 0) is 16.6 Å². The average Bonchev–Trinajstić information content (AvgIpc) is 2.84. The molecular weight excluding hydrogens is 454 g/mol. The number of para-hydroxylation sites is 1. The molecule has 0 aliphatic carbocycles. The highest BCUT2D eigenvalue weighted by Gasteiger charge is 2.21. The summed E-state index contributed by atoms with van der Waals surface area (Å²) in [5.41, 5.74) is 1.76. The topological polar surface area (TPSA) is 121 Å². The fourth-order valence-electron chi connectivity index (χ4n) is 3.22. The van der Waals surface area contributed by atoms with Gasteiger partial charge in [-0.1, -0.05) is 18.2 Å².